The fraction of sp³-hybridized carbons (Fsp3) is 0.613. The summed E-state index contributed by atoms with van der Waals surface area (Å²) < 4.78 is 31.7. The SMILES string of the molecule is CC(CC(=O)C(Cc1ccccc1)NC(=O)C(CCCCN)NC(=O)C1CCC1)C(=O)N1CCCC1C(=O)O.O=C(O)C(F)(F)F. The Balaban J connectivity index is 0.000000942. The Bertz CT molecular complexity index is 1210. The van der Waals surface area contributed by atoms with E-state index in [0.29, 0.717) is 45.2 Å². The number of rotatable bonds is 15. The predicted molar refractivity (Wildman–Crippen MR) is 159 cm³/mol. The molecule has 1 heterocycles. The van der Waals surface area contributed by atoms with E-state index in [9.17, 15) is 42.3 Å². The molecule has 6 N–H and O–H groups in total. The minimum atomic E-state index is -5.08. The number of likely N-dealkylation sites (tertiary alicyclic amines) is 1. The molecule has 1 aromatic rings. The van der Waals surface area contributed by atoms with E-state index in [2.05, 4.69) is 10.6 Å². The number of carbonyl (C=O) groups excluding carboxylic acids is 4. The third kappa shape index (κ3) is 12.1. The number of hydrogen-bond donors (Lipinski definition) is 5. The predicted octanol–water partition coefficient (Wildman–Crippen LogP) is 2.43. The Morgan fingerprint density at radius 3 is 2.11 bits per heavy atom. The van der Waals surface area contributed by atoms with Crippen LogP contribution in [0.4, 0.5) is 13.2 Å². The van der Waals surface area contributed by atoms with Crippen LogP contribution in [0.1, 0.15) is 70.3 Å². The number of nitrogens with two attached hydrogens (primary N) is 1. The molecule has 3 rings (SSSR count). The van der Waals surface area contributed by atoms with Crippen molar-refractivity contribution in [2.24, 2.45) is 17.6 Å². The molecule has 2 aliphatic rings. The molecule has 1 saturated carbocycles. The van der Waals surface area contributed by atoms with Crippen molar-refractivity contribution in [1.82, 2.24) is 15.5 Å². The molecule has 12 nitrogen and oxygen atoms in total. The molecule has 1 aliphatic carbocycles. The molecule has 4 atom stereocenters. The molecule has 0 bridgehead atoms. The van der Waals surface area contributed by atoms with E-state index in [0.717, 1.165) is 24.8 Å². The molecule has 0 aromatic heterocycles. The van der Waals surface area contributed by atoms with Gasteiger partial charge >= 0.3 is 18.1 Å². The van der Waals surface area contributed by atoms with Crippen LogP contribution in [0.25, 0.3) is 0 Å². The zero-order valence-corrected chi connectivity index (χ0v) is 25.8. The Morgan fingerprint density at radius 2 is 1.59 bits per heavy atom. The first-order valence-corrected chi connectivity index (χ1v) is 15.4. The second-order valence-electron chi connectivity index (χ2n) is 11.6. The van der Waals surface area contributed by atoms with Gasteiger partial charge in [0.1, 0.15) is 12.1 Å². The van der Waals surface area contributed by atoms with Gasteiger partial charge in [-0.05, 0) is 63.5 Å². The second kappa shape index (κ2) is 18.2. The molecule has 46 heavy (non-hydrogen) atoms. The number of alkyl halides is 3. The Morgan fingerprint density at radius 1 is 0.957 bits per heavy atom. The smallest absolute Gasteiger partial charge is 0.480 e. The van der Waals surface area contributed by atoms with E-state index >= 15 is 0 Å². The number of nitrogens with zero attached hydrogens (tertiary/aromatic N) is 1. The maximum absolute atomic E-state index is 13.5. The molecule has 3 amide bonds. The van der Waals surface area contributed by atoms with Crippen molar-refractivity contribution in [3.8, 4) is 0 Å². The highest BCUT2D eigenvalue weighted by Crippen LogP contribution is 2.26. The van der Waals surface area contributed by atoms with Gasteiger partial charge in [0.15, 0.2) is 5.78 Å². The summed E-state index contributed by atoms with van der Waals surface area (Å²) in [5.41, 5.74) is 6.47. The summed E-state index contributed by atoms with van der Waals surface area (Å²) >= 11 is 0. The van der Waals surface area contributed by atoms with Gasteiger partial charge in [-0.25, -0.2) is 9.59 Å². The Labute approximate surface area is 265 Å². The van der Waals surface area contributed by atoms with Gasteiger partial charge in [-0.2, -0.15) is 13.2 Å². The summed E-state index contributed by atoms with van der Waals surface area (Å²) in [5, 5.41) is 22.3. The van der Waals surface area contributed by atoms with Crippen molar-refractivity contribution in [3.63, 3.8) is 0 Å². The topological polar surface area (TPSA) is 196 Å². The van der Waals surface area contributed by atoms with Crippen molar-refractivity contribution < 1.29 is 52.2 Å². The van der Waals surface area contributed by atoms with Crippen LogP contribution in [-0.4, -0.2) is 87.9 Å². The lowest BCUT2D eigenvalue weighted by Crippen LogP contribution is -2.54. The van der Waals surface area contributed by atoms with Crippen LogP contribution in [0.2, 0.25) is 0 Å². The average molecular weight is 657 g/mol. The molecule has 1 aliphatic heterocycles. The number of benzene rings is 1. The lowest BCUT2D eigenvalue weighted by molar-refractivity contribution is -0.192. The summed E-state index contributed by atoms with van der Waals surface area (Å²) in [5.74, 6) is -5.87. The van der Waals surface area contributed by atoms with E-state index in [1.807, 2.05) is 30.3 Å². The molecule has 256 valence electrons. The van der Waals surface area contributed by atoms with Crippen molar-refractivity contribution >= 4 is 35.4 Å². The first-order valence-electron chi connectivity index (χ1n) is 15.4. The van der Waals surface area contributed by atoms with Crippen molar-refractivity contribution in [3.05, 3.63) is 35.9 Å². The molecule has 0 radical (unpaired) electrons. The van der Waals surface area contributed by atoms with Gasteiger partial charge in [0.2, 0.25) is 17.7 Å². The van der Waals surface area contributed by atoms with E-state index in [-0.39, 0.29) is 36.4 Å². The van der Waals surface area contributed by atoms with Crippen molar-refractivity contribution in [2.45, 2.75) is 95.4 Å². The Kier molecular flexibility index (Phi) is 15.1. The highest BCUT2D eigenvalue weighted by molar-refractivity contribution is 5.95. The third-order valence-electron chi connectivity index (χ3n) is 8.04. The summed E-state index contributed by atoms with van der Waals surface area (Å²) in [6, 6.07) is 6.72. The number of halogens is 3. The van der Waals surface area contributed by atoms with Gasteiger partial charge in [0.25, 0.3) is 0 Å². The average Bonchev–Trinajstić information content (AvgIpc) is 3.46. The van der Waals surface area contributed by atoms with Gasteiger partial charge in [0, 0.05) is 24.8 Å². The molecule has 1 aromatic carbocycles. The number of ketones is 1. The minimum Gasteiger partial charge on any atom is -0.480 e. The first kappa shape index (κ1) is 38.2. The van der Waals surface area contributed by atoms with E-state index in [1.54, 1.807) is 6.92 Å². The van der Waals surface area contributed by atoms with E-state index in [1.165, 1.54) is 4.90 Å². The van der Waals surface area contributed by atoms with Crippen LogP contribution in [0.3, 0.4) is 0 Å². The minimum absolute atomic E-state index is 0.0800. The molecule has 2 fully saturated rings. The molecule has 15 heteroatoms. The fourth-order valence-electron chi connectivity index (χ4n) is 5.19. The van der Waals surface area contributed by atoms with E-state index < -0.39 is 48.1 Å². The zero-order chi connectivity index (χ0) is 34.4. The van der Waals surface area contributed by atoms with Crippen molar-refractivity contribution in [1.29, 1.82) is 0 Å². The zero-order valence-electron chi connectivity index (χ0n) is 25.8. The lowest BCUT2D eigenvalue weighted by atomic mass is 9.84. The molecular formula is C31H43F3N4O8. The third-order valence-corrected chi connectivity index (χ3v) is 8.04. The first-order chi connectivity index (χ1) is 21.6. The Hall–Kier alpha value is -4.01. The summed E-state index contributed by atoms with van der Waals surface area (Å²) in [6.45, 7) is 2.45. The summed E-state index contributed by atoms with van der Waals surface area (Å²) in [6.07, 6.45) is 0.414. The molecule has 0 spiro atoms. The number of amides is 3. The lowest BCUT2D eigenvalue weighted by Gasteiger charge is -2.29. The standard InChI is InChI=1S/C29H42N4O6.C2HF3O2/c1-19(28(37)33-16-8-14-24(33)29(38)39)17-25(34)23(18-20-9-3-2-4-10-20)32-27(36)22(13-5-6-15-30)31-26(35)21-11-7-12-21;3-2(4,5)1(6)7/h2-4,9-10,19,21-24H,5-8,11-18,30H2,1H3,(H,31,35)(H,32,36)(H,38,39);(H,6,7). The van der Waals surface area contributed by atoms with Gasteiger partial charge in [-0.15, -0.1) is 0 Å². The maximum atomic E-state index is 13.5. The molecule has 1 saturated heterocycles. The van der Waals surface area contributed by atoms with Gasteiger partial charge in [0.05, 0.1) is 6.04 Å². The number of Topliss-reactive ketones (excluding diaryl/α,β-unsaturated/α-hetero) is 1. The summed E-state index contributed by atoms with van der Waals surface area (Å²) in [7, 11) is 0. The van der Waals surface area contributed by atoms with Crippen molar-refractivity contribution in [2.75, 3.05) is 13.1 Å². The van der Waals surface area contributed by atoms with Crippen LogP contribution in [0.15, 0.2) is 30.3 Å². The highest BCUT2D eigenvalue weighted by atomic mass is 19.4. The normalized spacial score (nSPS) is 18.2. The van der Waals surface area contributed by atoms with Crippen LogP contribution >= 0.6 is 0 Å². The number of nitrogens with one attached hydrogen (secondary N) is 2. The van der Waals surface area contributed by atoms with Crippen LogP contribution in [0.5, 0.6) is 0 Å². The van der Waals surface area contributed by atoms with E-state index in [4.69, 9.17) is 15.6 Å². The quantitative estimate of drug-likeness (QED) is 0.176. The summed E-state index contributed by atoms with van der Waals surface area (Å²) in [4.78, 5) is 74.4. The second-order valence-corrected chi connectivity index (χ2v) is 11.6. The fourth-order valence-corrected chi connectivity index (χ4v) is 5.19. The van der Waals surface area contributed by atoms with Crippen LogP contribution in [0, 0.1) is 11.8 Å². The largest absolute Gasteiger partial charge is 0.490 e. The number of carboxylic acids is 2. The van der Waals surface area contributed by atoms with Gasteiger partial charge in [-0.3, -0.25) is 19.2 Å². The van der Waals surface area contributed by atoms with Crippen LogP contribution in [-0.2, 0) is 35.2 Å². The number of aliphatic carboxylic acids is 2. The number of carbonyl (C=O) groups is 6. The highest BCUT2D eigenvalue weighted by Gasteiger charge is 2.39. The maximum Gasteiger partial charge on any atom is 0.490 e. The number of hydrogen-bond acceptors (Lipinski definition) is 7. The molecule has 4 unspecified atom stereocenters. The number of unbranched alkanes of at least 4 members (excludes halogenated alkanes) is 1. The van der Waals surface area contributed by atoms with Gasteiger partial charge in [-0.1, -0.05) is 43.7 Å². The monoisotopic (exact) mass is 656 g/mol. The van der Waals surface area contributed by atoms with Crippen LogP contribution < -0.4 is 16.4 Å². The number of carboxylic acid groups (broad SMARTS) is 2. The van der Waals surface area contributed by atoms with Gasteiger partial charge < -0.3 is 31.5 Å². The molecular weight excluding hydrogens is 613 g/mol.